The summed E-state index contributed by atoms with van der Waals surface area (Å²) in [5.74, 6) is 1.61. The first-order valence-corrected chi connectivity index (χ1v) is 10.2. The molecule has 0 spiro atoms. The molecule has 0 amide bonds. The standard InChI is InChI=1S/C20H26BN4O3/c26-4-3-24-25-18(17-14-1-2-22-19(14)23-10-15(17)21-28)16-12-5-11-6-13(16)9-20(27,7-11)8-12/h1-2,10-13,16,24,26-28H,3-9H2,(H,22,23)/b25-18-. The van der Waals surface area contributed by atoms with E-state index in [9.17, 15) is 15.2 Å². The number of H-pyrrole nitrogens is 1. The van der Waals surface area contributed by atoms with Crippen molar-refractivity contribution < 1.29 is 15.2 Å². The van der Waals surface area contributed by atoms with Crippen molar-refractivity contribution in [1.82, 2.24) is 15.4 Å². The molecule has 2 atom stereocenters. The summed E-state index contributed by atoms with van der Waals surface area (Å²) in [6.07, 6.45) is 8.35. The number of hydrogen-bond acceptors (Lipinski definition) is 6. The third-order valence-corrected chi connectivity index (χ3v) is 6.99. The van der Waals surface area contributed by atoms with E-state index >= 15 is 0 Å². The van der Waals surface area contributed by atoms with Gasteiger partial charge in [-0.05, 0) is 61.4 Å². The highest BCUT2D eigenvalue weighted by molar-refractivity contribution is 6.49. The molecule has 147 valence electrons. The minimum atomic E-state index is -0.510. The fourth-order valence-corrected chi connectivity index (χ4v) is 6.32. The molecule has 4 aliphatic carbocycles. The van der Waals surface area contributed by atoms with Crippen LogP contribution in [0.15, 0.2) is 23.6 Å². The largest absolute Gasteiger partial charge is 0.450 e. The molecule has 2 heterocycles. The Kier molecular flexibility index (Phi) is 4.45. The Morgan fingerprint density at radius 3 is 2.79 bits per heavy atom. The summed E-state index contributed by atoms with van der Waals surface area (Å²) in [6, 6.07) is 1.97. The zero-order chi connectivity index (χ0) is 19.3. The zero-order valence-electron chi connectivity index (χ0n) is 15.8. The minimum Gasteiger partial charge on any atom is -0.450 e. The highest BCUT2D eigenvalue weighted by Crippen LogP contribution is 2.59. The maximum Gasteiger partial charge on any atom is 0.329 e. The van der Waals surface area contributed by atoms with Crippen LogP contribution in [0.4, 0.5) is 0 Å². The molecule has 1 radical (unpaired) electrons. The summed E-state index contributed by atoms with van der Waals surface area (Å²) < 4.78 is 0. The normalized spacial score (nSPS) is 34.2. The van der Waals surface area contributed by atoms with Crippen LogP contribution in [0.1, 0.15) is 37.7 Å². The van der Waals surface area contributed by atoms with Gasteiger partial charge in [0, 0.05) is 29.3 Å². The number of hydrazone groups is 1. The second-order valence-electron chi connectivity index (χ2n) is 8.81. The number of pyridine rings is 1. The van der Waals surface area contributed by atoms with Gasteiger partial charge in [0.05, 0.1) is 24.5 Å². The van der Waals surface area contributed by atoms with Crippen LogP contribution in [0.5, 0.6) is 0 Å². The summed E-state index contributed by atoms with van der Waals surface area (Å²) in [4.78, 5) is 7.54. The van der Waals surface area contributed by atoms with E-state index in [1.54, 1.807) is 6.20 Å². The maximum absolute atomic E-state index is 11.0. The van der Waals surface area contributed by atoms with E-state index in [-0.39, 0.29) is 12.5 Å². The SMILES string of the molecule is O[B]c1cnc2[nH]ccc2c1/C(=N\NCCO)C1C2CC3CC1CC(O)(C3)C2. The monoisotopic (exact) mass is 381 g/mol. The lowest BCUT2D eigenvalue weighted by atomic mass is 9.49. The summed E-state index contributed by atoms with van der Waals surface area (Å²) in [5.41, 5.74) is 5.71. The number of hydrogen-bond donors (Lipinski definition) is 5. The summed E-state index contributed by atoms with van der Waals surface area (Å²) in [5, 5.41) is 35.8. The lowest BCUT2D eigenvalue weighted by Gasteiger charge is -2.58. The van der Waals surface area contributed by atoms with Gasteiger partial charge in [0.25, 0.3) is 0 Å². The second-order valence-corrected chi connectivity index (χ2v) is 8.81. The molecule has 0 saturated heterocycles. The number of nitrogens with one attached hydrogen (secondary N) is 2. The minimum absolute atomic E-state index is 0.00498. The third kappa shape index (κ3) is 2.86. The van der Waals surface area contributed by atoms with E-state index in [2.05, 4.69) is 15.4 Å². The van der Waals surface area contributed by atoms with Crippen molar-refractivity contribution in [3.05, 3.63) is 24.0 Å². The van der Waals surface area contributed by atoms with Crippen molar-refractivity contribution in [2.75, 3.05) is 13.2 Å². The van der Waals surface area contributed by atoms with E-state index in [0.29, 0.717) is 29.8 Å². The molecular weight excluding hydrogens is 355 g/mol. The highest BCUT2D eigenvalue weighted by Gasteiger charge is 2.56. The number of aliphatic hydroxyl groups is 2. The molecule has 2 unspecified atom stereocenters. The fourth-order valence-electron chi connectivity index (χ4n) is 6.32. The van der Waals surface area contributed by atoms with E-state index in [1.165, 1.54) is 0 Å². The summed E-state index contributed by atoms with van der Waals surface area (Å²) in [6.45, 7) is 0.378. The molecule has 4 aliphatic rings. The Balaban J connectivity index is 1.63. The number of aliphatic hydroxyl groups excluding tert-OH is 1. The fraction of sp³-hybridized carbons (Fsp3) is 0.600. The predicted octanol–water partition coefficient (Wildman–Crippen LogP) is 0.273. The molecule has 5 N–H and O–H groups in total. The van der Waals surface area contributed by atoms with Crippen LogP contribution in [0, 0.1) is 23.7 Å². The van der Waals surface area contributed by atoms with E-state index in [4.69, 9.17) is 5.10 Å². The van der Waals surface area contributed by atoms with Crippen LogP contribution >= 0.6 is 0 Å². The Labute approximate surface area is 164 Å². The van der Waals surface area contributed by atoms with Crippen molar-refractivity contribution in [3.8, 4) is 0 Å². The van der Waals surface area contributed by atoms with Crippen LogP contribution in [0.2, 0.25) is 0 Å². The van der Waals surface area contributed by atoms with Gasteiger partial charge in [-0.2, -0.15) is 5.10 Å². The average Bonchev–Trinajstić information content (AvgIpc) is 3.13. The molecule has 28 heavy (non-hydrogen) atoms. The van der Waals surface area contributed by atoms with Gasteiger partial charge < -0.3 is 25.6 Å². The van der Waals surface area contributed by atoms with E-state index < -0.39 is 5.60 Å². The first kappa shape index (κ1) is 18.2. The van der Waals surface area contributed by atoms with Crippen molar-refractivity contribution in [3.63, 3.8) is 0 Å². The molecule has 2 aromatic rings. The van der Waals surface area contributed by atoms with Gasteiger partial charge in [-0.3, -0.25) is 0 Å². The maximum atomic E-state index is 11.0. The zero-order valence-corrected chi connectivity index (χ0v) is 15.8. The van der Waals surface area contributed by atoms with Crippen molar-refractivity contribution in [2.24, 2.45) is 28.8 Å². The first-order chi connectivity index (χ1) is 13.6. The average molecular weight is 381 g/mol. The lowest BCUT2D eigenvalue weighted by Crippen LogP contribution is -2.57. The Morgan fingerprint density at radius 1 is 1.32 bits per heavy atom. The molecule has 0 aliphatic heterocycles. The van der Waals surface area contributed by atoms with Gasteiger partial charge in [-0.25, -0.2) is 4.98 Å². The smallest absolute Gasteiger partial charge is 0.329 e. The van der Waals surface area contributed by atoms with Gasteiger partial charge in [-0.1, -0.05) is 0 Å². The van der Waals surface area contributed by atoms with Crippen LogP contribution in [0.25, 0.3) is 11.0 Å². The molecule has 7 nitrogen and oxygen atoms in total. The number of aromatic amines is 1. The topological polar surface area (TPSA) is 114 Å². The Morgan fingerprint density at radius 2 is 2.11 bits per heavy atom. The van der Waals surface area contributed by atoms with Gasteiger partial charge in [0.2, 0.25) is 0 Å². The van der Waals surface area contributed by atoms with Gasteiger partial charge in [0.1, 0.15) is 5.65 Å². The second kappa shape index (κ2) is 6.86. The van der Waals surface area contributed by atoms with Crippen molar-refractivity contribution >= 4 is 29.7 Å². The number of aromatic nitrogens is 2. The molecule has 4 fully saturated rings. The first-order valence-electron chi connectivity index (χ1n) is 10.2. The number of fused-ring (bicyclic) bond motifs is 1. The van der Waals surface area contributed by atoms with Gasteiger partial charge in [0.15, 0.2) is 0 Å². The van der Waals surface area contributed by atoms with Crippen LogP contribution in [-0.4, -0.2) is 57.2 Å². The summed E-state index contributed by atoms with van der Waals surface area (Å²) in [7, 11) is 1.10. The molecule has 0 aromatic carbocycles. The van der Waals surface area contributed by atoms with Gasteiger partial charge in [-0.15, -0.1) is 0 Å². The third-order valence-electron chi connectivity index (χ3n) is 6.99. The predicted molar refractivity (Wildman–Crippen MR) is 107 cm³/mol. The Hall–Kier alpha value is -1.90. The number of nitrogens with zero attached hydrogens (tertiary/aromatic N) is 2. The highest BCUT2D eigenvalue weighted by atomic mass is 16.3. The molecule has 8 heteroatoms. The van der Waals surface area contributed by atoms with Gasteiger partial charge >= 0.3 is 7.48 Å². The quantitative estimate of drug-likeness (QED) is 0.213. The molecule has 6 rings (SSSR count). The Bertz CT molecular complexity index is 898. The number of rotatable bonds is 6. The van der Waals surface area contributed by atoms with Crippen molar-refractivity contribution in [1.29, 1.82) is 0 Å². The summed E-state index contributed by atoms with van der Waals surface area (Å²) >= 11 is 0. The van der Waals surface area contributed by atoms with E-state index in [0.717, 1.165) is 61.9 Å². The van der Waals surface area contributed by atoms with Crippen LogP contribution < -0.4 is 10.9 Å². The molecule has 2 aromatic heterocycles. The van der Waals surface area contributed by atoms with Crippen molar-refractivity contribution in [2.45, 2.75) is 37.7 Å². The van der Waals surface area contributed by atoms with Crippen LogP contribution in [-0.2, 0) is 0 Å². The lowest BCUT2D eigenvalue weighted by molar-refractivity contribution is -0.137. The molecule has 4 saturated carbocycles. The van der Waals surface area contributed by atoms with E-state index in [1.807, 2.05) is 12.3 Å². The van der Waals surface area contributed by atoms with Crippen LogP contribution in [0.3, 0.4) is 0 Å². The molecule has 4 bridgehead atoms. The molecular formula is C20H26BN4O3.